The second kappa shape index (κ2) is 9.27. The maximum absolute atomic E-state index is 13.4. The fraction of sp³-hybridized carbons (Fsp3) is 0.320. The van der Waals surface area contributed by atoms with Crippen LogP contribution in [0.15, 0.2) is 77.4 Å². The number of hydrogen-bond acceptors (Lipinski definition) is 6. The van der Waals surface area contributed by atoms with Crippen LogP contribution in [-0.2, 0) is 19.1 Å². The summed E-state index contributed by atoms with van der Waals surface area (Å²) in [7, 11) is 1.56. The Bertz CT molecular complexity index is 1030. The number of dihydropyridines is 1. The summed E-state index contributed by atoms with van der Waals surface area (Å²) in [6.07, 6.45) is 4.52. The molecule has 1 aromatic heterocycles. The van der Waals surface area contributed by atoms with Crippen LogP contribution >= 0.6 is 0 Å². The molecule has 0 bridgehead atoms. The van der Waals surface area contributed by atoms with Gasteiger partial charge in [0.25, 0.3) is 0 Å². The van der Waals surface area contributed by atoms with Crippen LogP contribution in [0.25, 0.3) is 0 Å². The fourth-order valence-electron chi connectivity index (χ4n) is 4.45. The average molecular weight is 418 g/mol. The molecule has 0 amide bonds. The third-order valence-electron chi connectivity index (χ3n) is 5.86. The van der Waals surface area contributed by atoms with Crippen LogP contribution in [0.4, 0.5) is 0 Å². The number of ketones is 1. The van der Waals surface area contributed by atoms with E-state index in [-0.39, 0.29) is 18.3 Å². The molecule has 1 aliphatic heterocycles. The van der Waals surface area contributed by atoms with E-state index in [9.17, 15) is 9.59 Å². The Kier molecular flexibility index (Phi) is 6.28. The van der Waals surface area contributed by atoms with Gasteiger partial charge in [-0.25, -0.2) is 4.79 Å². The van der Waals surface area contributed by atoms with Crippen molar-refractivity contribution in [1.82, 2.24) is 10.3 Å². The number of aromatic nitrogens is 1. The number of allylic oxidation sites excluding steroid dienone is 3. The van der Waals surface area contributed by atoms with Gasteiger partial charge in [-0.3, -0.25) is 9.78 Å². The average Bonchev–Trinajstić information content (AvgIpc) is 2.79. The van der Waals surface area contributed by atoms with Gasteiger partial charge in [-0.05, 0) is 36.5 Å². The predicted molar refractivity (Wildman–Crippen MR) is 116 cm³/mol. The molecule has 0 saturated heterocycles. The van der Waals surface area contributed by atoms with E-state index in [0.717, 1.165) is 16.8 Å². The highest BCUT2D eigenvalue weighted by Gasteiger charge is 2.41. The molecule has 160 valence electrons. The van der Waals surface area contributed by atoms with E-state index in [1.165, 1.54) is 0 Å². The number of benzene rings is 1. The summed E-state index contributed by atoms with van der Waals surface area (Å²) in [5.41, 5.74) is 4.63. The van der Waals surface area contributed by atoms with Gasteiger partial charge < -0.3 is 14.8 Å². The number of rotatable bonds is 6. The number of carbonyl (C=O) groups excluding carboxylic acids is 2. The first-order valence-electron chi connectivity index (χ1n) is 10.4. The number of esters is 1. The third kappa shape index (κ3) is 4.30. The number of nitrogens with one attached hydrogen (secondary N) is 1. The van der Waals surface area contributed by atoms with E-state index >= 15 is 0 Å². The van der Waals surface area contributed by atoms with Crippen molar-refractivity contribution in [3.63, 3.8) is 0 Å². The van der Waals surface area contributed by atoms with Gasteiger partial charge in [-0.15, -0.1) is 0 Å². The number of pyridine rings is 1. The monoisotopic (exact) mass is 418 g/mol. The molecule has 2 aliphatic rings. The Morgan fingerprint density at radius 3 is 2.58 bits per heavy atom. The van der Waals surface area contributed by atoms with Crippen LogP contribution in [0.3, 0.4) is 0 Å². The Labute approximate surface area is 182 Å². The predicted octanol–water partition coefficient (Wildman–Crippen LogP) is 3.63. The number of carbonyl (C=O) groups is 2. The van der Waals surface area contributed by atoms with Gasteiger partial charge >= 0.3 is 5.97 Å². The molecular formula is C25H26N2O4. The van der Waals surface area contributed by atoms with E-state index in [1.807, 2.05) is 37.3 Å². The highest BCUT2D eigenvalue weighted by molar-refractivity contribution is 6.04. The Hall–Kier alpha value is -3.25. The summed E-state index contributed by atoms with van der Waals surface area (Å²) in [5.74, 6) is -0.784. The quantitative estimate of drug-likeness (QED) is 0.570. The molecule has 31 heavy (non-hydrogen) atoms. The minimum Gasteiger partial charge on any atom is -0.460 e. The molecule has 1 aliphatic carbocycles. The normalized spacial score (nSPS) is 20.9. The first-order valence-corrected chi connectivity index (χ1v) is 10.4. The number of Topliss-reactive ketones (excluding diaryl/α,β-unsaturated/α-hetero) is 1. The molecule has 1 aromatic carbocycles. The zero-order chi connectivity index (χ0) is 21.8. The van der Waals surface area contributed by atoms with Crippen molar-refractivity contribution in [3.05, 3.63) is 88.5 Å². The van der Waals surface area contributed by atoms with E-state index < -0.39 is 11.9 Å². The van der Waals surface area contributed by atoms with Crippen molar-refractivity contribution in [2.45, 2.75) is 31.6 Å². The maximum Gasteiger partial charge on any atom is 0.336 e. The molecule has 4 rings (SSSR count). The standard InChI is InChI=1S/C25H26N2O4/c1-16-22(25(29)31-12-11-30-2)23(18-9-6-10-26-15-18)24-20(27-16)13-19(14-21(24)28)17-7-4-3-5-8-17/h3-10,15,19,23,27H,11-14H2,1-2H3/t19-,23+/m0/s1. The second-order valence-electron chi connectivity index (χ2n) is 7.84. The lowest BCUT2D eigenvalue weighted by Crippen LogP contribution is -2.36. The molecule has 0 unspecified atom stereocenters. The summed E-state index contributed by atoms with van der Waals surface area (Å²) >= 11 is 0. The minimum atomic E-state index is -0.496. The zero-order valence-corrected chi connectivity index (χ0v) is 17.8. The van der Waals surface area contributed by atoms with E-state index in [0.29, 0.717) is 36.3 Å². The molecule has 0 saturated carbocycles. The second-order valence-corrected chi connectivity index (χ2v) is 7.84. The maximum atomic E-state index is 13.4. The first-order chi connectivity index (χ1) is 15.1. The van der Waals surface area contributed by atoms with Crippen LogP contribution in [-0.4, -0.2) is 37.1 Å². The highest BCUT2D eigenvalue weighted by atomic mass is 16.6. The van der Waals surface area contributed by atoms with Crippen LogP contribution in [0.5, 0.6) is 0 Å². The van der Waals surface area contributed by atoms with Gasteiger partial charge in [-0.1, -0.05) is 36.4 Å². The van der Waals surface area contributed by atoms with Crippen molar-refractivity contribution in [2.24, 2.45) is 0 Å². The van der Waals surface area contributed by atoms with Gasteiger partial charge in [0.05, 0.1) is 12.2 Å². The highest BCUT2D eigenvalue weighted by Crippen LogP contribution is 2.45. The molecule has 1 N–H and O–H groups in total. The first kappa shape index (κ1) is 21.0. The summed E-state index contributed by atoms with van der Waals surface area (Å²) in [6, 6.07) is 13.8. The SMILES string of the molecule is COCCOC(=O)C1=C(C)NC2=C(C(=O)C[C@@H](c3ccccc3)C2)[C@@H]1c1cccnc1. The minimum absolute atomic E-state index is 0.0474. The number of hydrogen-bond donors (Lipinski definition) is 1. The summed E-state index contributed by atoms with van der Waals surface area (Å²) < 4.78 is 10.4. The topological polar surface area (TPSA) is 77.5 Å². The van der Waals surface area contributed by atoms with Gasteiger partial charge in [0.1, 0.15) is 6.61 Å². The van der Waals surface area contributed by atoms with E-state index in [2.05, 4.69) is 22.4 Å². The largest absolute Gasteiger partial charge is 0.460 e. The Balaban J connectivity index is 1.73. The number of methoxy groups -OCH3 is 1. The fourth-order valence-corrected chi connectivity index (χ4v) is 4.45. The van der Waals surface area contributed by atoms with Crippen LogP contribution in [0.1, 0.15) is 42.7 Å². The number of ether oxygens (including phenoxy) is 2. The van der Waals surface area contributed by atoms with Crippen molar-refractivity contribution in [2.75, 3.05) is 20.3 Å². The zero-order valence-electron chi connectivity index (χ0n) is 17.8. The van der Waals surface area contributed by atoms with Gasteiger partial charge in [0.15, 0.2) is 5.78 Å². The Morgan fingerprint density at radius 2 is 1.87 bits per heavy atom. The van der Waals surface area contributed by atoms with Crippen molar-refractivity contribution >= 4 is 11.8 Å². The van der Waals surface area contributed by atoms with Crippen molar-refractivity contribution in [1.29, 1.82) is 0 Å². The molecule has 0 radical (unpaired) electrons. The van der Waals surface area contributed by atoms with Crippen molar-refractivity contribution < 1.29 is 19.1 Å². The lowest BCUT2D eigenvalue weighted by atomic mass is 9.72. The van der Waals surface area contributed by atoms with Crippen LogP contribution in [0, 0.1) is 0 Å². The molecule has 2 aromatic rings. The lowest BCUT2D eigenvalue weighted by molar-refractivity contribution is -0.140. The molecular weight excluding hydrogens is 392 g/mol. The molecule has 6 heteroatoms. The summed E-state index contributed by atoms with van der Waals surface area (Å²) in [5, 5.41) is 3.36. The Morgan fingerprint density at radius 1 is 1.10 bits per heavy atom. The smallest absolute Gasteiger partial charge is 0.336 e. The molecule has 6 nitrogen and oxygen atoms in total. The summed E-state index contributed by atoms with van der Waals surface area (Å²) in [4.78, 5) is 30.7. The van der Waals surface area contributed by atoms with Crippen molar-refractivity contribution in [3.8, 4) is 0 Å². The van der Waals surface area contributed by atoms with Crippen LogP contribution < -0.4 is 5.32 Å². The molecule has 2 heterocycles. The van der Waals surface area contributed by atoms with Crippen LogP contribution in [0.2, 0.25) is 0 Å². The number of nitrogens with zero attached hydrogens (tertiary/aromatic N) is 1. The van der Waals surface area contributed by atoms with Gasteiger partial charge in [-0.2, -0.15) is 0 Å². The molecule has 0 fully saturated rings. The molecule has 2 atom stereocenters. The van der Waals surface area contributed by atoms with E-state index in [1.54, 1.807) is 19.5 Å². The lowest BCUT2D eigenvalue weighted by Gasteiger charge is -2.36. The third-order valence-corrected chi connectivity index (χ3v) is 5.86. The van der Waals surface area contributed by atoms with Gasteiger partial charge in [0, 0.05) is 48.8 Å². The summed E-state index contributed by atoms with van der Waals surface area (Å²) in [6.45, 7) is 2.33. The van der Waals surface area contributed by atoms with E-state index in [4.69, 9.17) is 9.47 Å². The van der Waals surface area contributed by atoms with Gasteiger partial charge in [0.2, 0.25) is 0 Å². The molecule has 0 spiro atoms.